The lowest BCUT2D eigenvalue weighted by atomic mass is 10.3. The van der Waals surface area contributed by atoms with Crippen molar-refractivity contribution < 1.29 is 14.2 Å². The summed E-state index contributed by atoms with van der Waals surface area (Å²) >= 11 is 14.9. The van der Waals surface area contributed by atoms with Crippen LogP contribution in [0.1, 0.15) is 13.8 Å². The first-order chi connectivity index (χ1) is 14.3. The second kappa shape index (κ2) is 11.9. The van der Waals surface area contributed by atoms with Crippen molar-refractivity contribution in [3.63, 3.8) is 0 Å². The molecular weight excluding hydrogens is 481 g/mol. The van der Waals surface area contributed by atoms with E-state index < -0.39 is 12.5 Å². The number of thioether (sulfide) groups is 1. The highest BCUT2D eigenvalue weighted by Gasteiger charge is 2.32. The molecule has 0 aromatic heterocycles. The van der Waals surface area contributed by atoms with E-state index in [0.717, 1.165) is 12.1 Å². The molecule has 0 fully saturated rings. The molecule has 6 nitrogen and oxygen atoms in total. The van der Waals surface area contributed by atoms with Crippen molar-refractivity contribution >= 4 is 70.5 Å². The minimum absolute atomic E-state index is 0.502. The van der Waals surface area contributed by atoms with Gasteiger partial charge in [0.25, 0.3) is 0 Å². The molecule has 30 heavy (non-hydrogen) atoms. The predicted octanol–water partition coefficient (Wildman–Crippen LogP) is 6.88. The number of benzene rings is 2. The lowest BCUT2D eigenvalue weighted by Crippen LogP contribution is -2.27. The van der Waals surface area contributed by atoms with E-state index in [-0.39, 0.29) is 0 Å². The first-order valence-corrected chi connectivity index (χ1v) is 14.1. The molecule has 0 saturated heterocycles. The van der Waals surface area contributed by atoms with E-state index in [4.69, 9.17) is 32.8 Å². The Morgan fingerprint density at radius 1 is 1.20 bits per heavy atom. The predicted molar refractivity (Wildman–Crippen MR) is 134 cm³/mol. The van der Waals surface area contributed by atoms with Crippen LogP contribution in [-0.4, -0.2) is 34.9 Å². The van der Waals surface area contributed by atoms with Crippen LogP contribution in [0.4, 0.5) is 10.5 Å². The zero-order valence-corrected chi connectivity index (χ0v) is 21.1. The van der Waals surface area contributed by atoms with Crippen LogP contribution in [0.15, 0.2) is 59.8 Å². The molecule has 0 N–H and O–H groups in total. The van der Waals surface area contributed by atoms with Crippen molar-refractivity contribution in [1.29, 1.82) is 0 Å². The molecule has 11 heteroatoms. The molecular formula is C19H23ClN3O3PS3. The number of carbonyl (C=O) groups is 1. The Kier molecular flexibility index (Phi) is 9.84. The van der Waals surface area contributed by atoms with E-state index in [2.05, 4.69) is 5.16 Å². The van der Waals surface area contributed by atoms with Gasteiger partial charge in [-0.1, -0.05) is 54.0 Å². The number of carbonyl (C=O) groups excluding carboxylic acids is 1. The summed E-state index contributed by atoms with van der Waals surface area (Å²) in [6.07, 6.45) is -0.906. The van der Waals surface area contributed by atoms with Crippen LogP contribution in [0.5, 0.6) is 5.75 Å². The van der Waals surface area contributed by atoms with Gasteiger partial charge < -0.3 is 4.52 Å². The molecule has 0 radical (unpaired) electrons. The standard InChI is InChI=1S/C19H23ClN3O3PS3/c1-5-27(28,26-16-11-7-6-8-12-16)23(18-14-10-9-13-17(18)20)30-22(3)19(24)25-21-15(2)29-4/h6-14H,5H2,1-4H3. The molecule has 0 aliphatic heterocycles. The molecule has 2 aromatic carbocycles. The molecule has 0 saturated carbocycles. The van der Waals surface area contributed by atoms with E-state index in [1.54, 1.807) is 24.1 Å². The number of amides is 1. The quantitative estimate of drug-likeness (QED) is 0.0971. The van der Waals surface area contributed by atoms with E-state index >= 15 is 0 Å². The Bertz CT molecular complexity index is 933. The summed E-state index contributed by atoms with van der Waals surface area (Å²) in [5.74, 6) is 0.658. The van der Waals surface area contributed by atoms with Crippen LogP contribution in [0.2, 0.25) is 5.02 Å². The number of oxime groups is 1. The Morgan fingerprint density at radius 3 is 2.43 bits per heavy atom. The molecule has 1 atom stereocenters. The third-order valence-corrected chi connectivity index (χ3v) is 10.3. The van der Waals surface area contributed by atoms with Gasteiger partial charge in [-0.25, -0.2) is 13.2 Å². The smallest absolute Gasteiger partial charge is 0.447 e. The van der Waals surface area contributed by atoms with Crippen LogP contribution < -0.4 is 8.60 Å². The third kappa shape index (κ3) is 6.82. The van der Waals surface area contributed by atoms with E-state index in [0.29, 0.717) is 27.7 Å². The Labute approximate surface area is 196 Å². The van der Waals surface area contributed by atoms with E-state index in [9.17, 15) is 4.79 Å². The Balaban J connectivity index is 2.36. The molecule has 2 aromatic rings. The lowest BCUT2D eigenvalue weighted by molar-refractivity contribution is 0.137. The van der Waals surface area contributed by atoms with Crippen LogP contribution in [0.25, 0.3) is 0 Å². The van der Waals surface area contributed by atoms with Crippen molar-refractivity contribution in [2.24, 2.45) is 5.16 Å². The summed E-state index contributed by atoms with van der Waals surface area (Å²) in [6.45, 7) is 3.71. The lowest BCUT2D eigenvalue weighted by Gasteiger charge is -2.36. The van der Waals surface area contributed by atoms with Gasteiger partial charge in [0.1, 0.15) is 10.8 Å². The topological polar surface area (TPSA) is 54.4 Å². The van der Waals surface area contributed by atoms with Crippen LogP contribution in [-0.2, 0) is 16.6 Å². The summed E-state index contributed by atoms with van der Waals surface area (Å²) in [4.78, 5) is 17.4. The van der Waals surface area contributed by atoms with Crippen molar-refractivity contribution in [1.82, 2.24) is 4.31 Å². The van der Waals surface area contributed by atoms with Crippen molar-refractivity contribution in [2.45, 2.75) is 13.8 Å². The second-order valence-electron chi connectivity index (χ2n) is 5.83. The average Bonchev–Trinajstić information content (AvgIpc) is 2.76. The molecule has 0 bridgehead atoms. The molecule has 1 amide bonds. The highest BCUT2D eigenvalue weighted by atomic mass is 35.5. The minimum Gasteiger partial charge on any atom is -0.448 e. The van der Waals surface area contributed by atoms with E-state index in [1.807, 2.05) is 61.7 Å². The molecule has 0 aliphatic carbocycles. The number of hydrogen-bond acceptors (Lipinski definition) is 7. The maximum atomic E-state index is 12.4. The van der Waals surface area contributed by atoms with Gasteiger partial charge in [0.15, 0.2) is 0 Å². The summed E-state index contributed by atoms with van der Waals surface area (Å²) in [7, 11) is 1.58. The van der Waals surface area contributed by atoms with Gasteiger partial charge in [-0.15, -0.1) is 11.8 Å². The normalized spacial score (nSPS) is 13.3. The summed E-state index contributed by atoms with van der Waals surface area (Å²) in [5.41, 5.74) is 0.661. The summed E-state index contributed by atoms with van der Waals surface area (Å²) in [6, 6.07) is 16.7. The van der Waals surface area contributed by atoms with Gasteiger partial charge in [0, 0.05) is 13.2 Å². The van der Waals surface area contributed by atoms with Crippen LogP contribution in [0, 0.1) is 0 Å². The molecule has 1 unspecified atom stereocenters. The highest BCUT2D eigenvalue weighted by molar-refractivity contribution is 8.21. The van der Waals surface area contributed by atoms with E-state index in [1.165, 1.54) is 16.1 Å². The van der Waals surface area contributed by atoms with Gasteiger partial charge in [-0.3, -0.25) is 4.84 Å². The summed E-state index contributed by atoms with van der Waals surface area (Å²) < 4.78 is 9.39. The third-order valence-electron chi connectivity index (χ3n) is 3.73. The van der Waals surface area contributed by atoms with Gasteiger partial charge in [0.2, 0.25) is 6.42 Å². The van der Waals surface area contributed by atoms with Gasteiger partial charge >= 0.3 is 6.09 Å². The first-order valence-electron chi connectivity index (χ1n) is 8.91. The fourth-order valence-corrected chi connectivity index (χ4v) is 6.54. The van der Waals surface area contributed by atoms with Gasteiger partial charge in [-0.05, 0) is 49.3 Å². The molecule has 0 spiro atoms. The first kappa shape index (κ1) is 24.9. The van der Waals surface area contributed by atoms with Crippen LogP contribution in [0.3, 0.4) is 0 Å². The van der Waals surface area contributed by atoms with Crippen LogP contribution >= 0.6 is 41.9 Å². The monoisotopic (exact) mass is 503 g/mol. The SMILES string of the molecule is CCP(=S)(Oc1ccccc1)N(SN(C)C(=O)ON=C(C)SC)c1ccccc1Cl. The van der Waals surface area contributed by atoms with Gasteiger partial charge in [0.05, 0.1) is 22.8 Å². The van der Waals surface area contributed by atoms with Crippen molar-refractivity contribution in [2.75, 3.05) is 23.5 Å². The highest BCUT2D eigenvalue weighted by Crippen LogP contribution is 2.58. The molecule has 2 rings (SSSR count). The number of rotatable bonds is 8. The zero-order valence-electron chi connectivity index (χ0n) is 17.0. The largest absolute Gasteiger partial charge is 0.448 e. The Morgan fingerprint density at radius 2 is 1.83 bits per heavy atom. The number of hydrogen-bond donors (Lipinski definition) is 0. The Hall–Kier alpha value is -1.38. The molecule has 162 valence electrons. The number of anilines is 1. The fraction of sp³-hybridized carbons (Fsp3) is 0.263. The van der Waals surface area contributed by atoms with Gasteiger partial charge in [-0.2, -0.15) is 0 Å². The van der Waals surface area contributed by atoms with Crippen molar-refractivity contribution in [3.8, 4) is 5.75 Å². The zero-order chi connectivity index (χ0) is 22.1. The fourth-order valence-electron chi connectivity index (χ4n) is 2.09. The second-order valence-corrected chi connectivity index (χ2v) is 12.8. The van der Waals surface area contributed by atoms with Crippen molar-refractivity contribution in [3.05, 3.63) is 59.6 Å². The summed E-state index contributed by atoms with van der Waals surface area (Å²) in [5, 5.41) is 4.93. The maximum Gasteiger partial charge on any atom is 0.447 e. The minimum atomic E-state index is -2.66. The molecule has 0 heterocycles. The number of halogens is 1. The molecule has 0 aliphatic rings. The maximum absolute atomic E-state index is 12.4. The number of nitrogens with zero attached hydrogens (tertiary/aromatic N) is 3. The number of para-hydroxylation sites is 2. The average molecular weight is 504 g/mol.